The van der Waals surface area contributed by atoms with Crippen LogP contribution in [0, 0.1) is 6.92 Å². The number of aromatic nitrogens is 2. The van der Waals surface area contributed by atoms with Crippen LogP contribution < -0.4 is 10.9 Å². The largest absolute Gasteiger partial charge is 0.324 e. The molecule has 2 heterocycles. The first-order valence-electron chi connectivity index (χ1n) is 11.6. The predicted molar refractivity (Wildman–Crippen MR) is 140 cm³/mol. The van der Waals surface area contributed by atoms with Crippen molar-refractivity contribution in [2.24, 2.45) is 0 Å². The molecule has 2 aromatic carbocycles. The quantitative estimate of drug-likeness (QED) is 0.344. The minimum Gasteiger partial charge on any atom is -0.324 e. The molecule has 1 aliphatic carbocycles. The summed E-state index contributed by atoms with van der Waals surface area (Å²) in [6.07, 6.45) is 6.59. The van der Waals surface area contributed by atoms with E-state index in [1.165, 1.54) is 46.2 Å². The van der Waals surface area contributed by atoms with Crippen molar-refractivity contribution in [1.82, 2.24) is 9.55 Å². The topological polar surface area (TPSA) is 64.0 Å². The van der Waals surface area contributed by atoms with Crippen LogP contribution in [0.1, 0.15) is 48.9 Å². The van der Waals surface area contributed by atoms with Gasteiger partial charge in [-0.1, -0.05) is 42.8 Å². The Morgan fingerprint density at radius 2 is 1.97 bits per heavy atom. The number of halogens is 1. The van der Waals surface area contributed by atoms with E-state index in [4.69, 9.17) is 11.6 Å². The average molecular weight is 492 g/mol. The van der Waals surface area contributed by atoms with E-state index in [2.05, 4.69) is 28.5 Å². The molecule has 0 aliphatic heterocycles. The summed E-state index contributed by atoms with van der Waals surface area (Å²) in [6, 6.07) is 11.2. The van der Waals surface area contributed by atoms with Crippen molar-refractivity contribution in [3.63, 3.8) is 0 Å². The fourth-order valence-electron chi connectivity index (χ4n) is 4.73. The first kappa shape index (κ1) is 22.8. The van der Waals surface area contributed by atoms with Crippen molar-refractivity contribution in [2.75, 3.05) is 5.32 Å². The molecule has 5 nitrogen and oxygen atoms in total. The number of aryl methyl sites for hydroxylation is 3. The normalized spacial score (nSPS) is 14.1. The molecule has 1 atom stereocenters. The lowest BCUT2D eigenvalue weighted by molar-refractivity contribution is -0.119. The summed E-state index contributed by atoms with van der Waals surface area (Å²) < 4.78 is 1.46. The molecule has 1 unspecified atom stereocenters. The fourth-order valence-corrected chi connectivity index (χ4v) is 5.81. The minimum atomic E-state index is -0.681. The van der Waals surface area contributed by atoms with Gasteiger partial charge in [-0.25, -0.2) is 4.98 Å². The molecule has 0 bridgehead atoms. The molecular weight excluding hydrogens is 466 g/mol. The highest BCUT2D eigenvalue weighted by Gasteiger charge is 2.23. The van der Waals surface area contributed by atoms with Crippen LogP contribution in [-0.4, -0.2) is 15.5 Å². The minimum absolute atomic E-state index is 0.191. The van der Waals surface area contributed by atoms with E-state index in [9.17, 15) is 9.59 Å². The number of anilines is 1. The van der Waals surface area contributed by atoms with Crippen LogP contribution in [0.15, 0.2) is 52.9 Å². The molecule has 2 aromatic heterocycles. The van der Waals surface area contributed by atoms with Gasteiger partial charge in [0.1, 0.15) is 10.9 Å². The number of amides is 1. The zero-order valence-electron chi connectivity index (χ0n) is 19.2. The molecule has 5 rings (SSSR count). The highest BCUT2D eigenvalue weighted by Crippen LogP contribution is 2.34. The number of rotatable bonds is 5. The summed E-state index contributed by atoms with van der Waals surface area (Å²) in [5.41, 5.74) is 6.06. The molecule has 0 radical (unpaired) electrons. The number of hydrogen-bond donors (Lipinski definition) is 1. The second-order valence-corrected chi connectivity index (χ2v) is 10.1. The predicted octanol–water partition coefficient (Wildman–Crippen LogP) is 6.56. The highest BCUT2D eigenvalue weighted by molar-refractivity contribution is 7.17. The van der Waals surface area contributed by atoms with Gasteiger partial charge in [0.05, 0.1) is 11.7 Å². The zero-order chi connectivity index (χ0) is 23.8. The van der Waals surface area contributed by atoms with E-state index in [1.807, 2.05) is 25.3 Å². The number of carbonyl (C=O) groups excluding carboxylic acids is 1. The number of fused-ring (bicyclic) bond motifs is 2. The van der Waals surface area contributed by atoms with Gasteiger partial charge in [0.2, 0.25) is 5.91 Å². The van der Waals surface area contributed by atoms with Crippen LogP contribution in [0.4, 0.5) is 5.69 Å². The smallest absolute Gasteiger partial charge is 0.263 e. The Morgan fingerprint density at radius 3 is 2.76 bits per heavy atom. The Bertz CT molecular complexity index is 1460. The van der Waals surface area contributed by atoms with Gasteiger partial charge >= 0.3 is 0 Å². The molecule has 0 saturated heterocycles. The van der Waals surface area contributed by atoms with Crippen molar-refractivity contribution in [3.8, 4) is 11.1 Å². The van der Waals surface area contributed by atoms with E-state index in [1.54, 1.807) is 12.1 Å². The van der Waals surface area contributed by atoms with Gasteiger partial charge in [0, 0.05) is 21.7 Å². The van der Waals surface area contributed by atoms with Crippen LogP contribution in [0.3, 0.4) is 0 Å². The number of carbonyl (C=O) groups is 1. The van der Waals surface area contributed by atoms with Crippen LogP contribution in [-0.2, 0) is 17.6 Å². The van der Waals surface area contributed by atoms with E-state index >= 15 is 0 Å². The third-order valence-electron chi connectivity index (χ3n) is 6.66. The van der Waals surface area contributed by atoms with Crippen molar-refractivity contribution in [2.45, 2.75) is 52.0 Å². The maximum absolute atomic E-state index is 13.7. The van der Waals surface area contributed by atoms with Crippen molar-refractivity contribution in [1.29, 1.82) is 0 Å². The van der Waals surface area contributed by atoms with Crippen molar-refractivity contribution in [3.05, 3.63) is 80.2 Å². The fraction of sp³-hybridized carbons (Fsp3) is 0.296. The van der Waals surface area contributed by atoms with Gasteiger partial charge in [-0.05, 0) is 73.4 Å². The van der Waals surface area contributed by atoms with Gasteiger partial charge in [-0.3, -0.25) is 14.2 Å². The maximum atomic E-state index is 13.7. The number of hydrogen-bond acceptors (Lipinski definition) is 4. The first-order chi connectivity index (χ1) is 16.5. The molecule has 1 aliphatic rings. The zero-order valence-corrected chi connectivity index (χ0v) is 20.8. The lowest BCUT2D eigenvalue weighted by Gasteiger charge is -2.19. The standard InChI is InChI=1S/C27H26ClN3O2S/c1-3-23(25(32)30-22-13-20(28)11-8-16(22)2)31-15-29-26-24(27(31)33)21(14-34-26)19-10-9-17-6-4-5-7-18(17)12-19/h8-15,23H,3-7H2,1-2H3,(H,30,32). The second kappa shape index (κ2) is 9.35. The highest BCUT2D eigenvalue weighted by atomic mass is 35.5. The number of nitrogens with one attached hydrogen (secondary N) is 1. The van der Waals surface area contributed by atoms with E-state index in [0.29, 0.717) is 27.3 Å². The Kier molecular flexibility index (Phi) is 6.28. The van der Waals surface area contributed by atoms with E-state index in [0.717, 1.165) is 29.5 Å². The lowest BCUT2D eigenvalue weighted by Crippen LogP contribution is -2.33. The summed E-state index contributed by atoms with van der Waals surface area (Å²) in [4.78, 5) is 32.1. The molecule has 0 fully saturated rings. The summed E-state index contributed by atoms with van der Waals surface area (Å²) in [5.74, 6) is -0.262. The number of nitrogens with zero attached hydrogens (tertiary/aromatic N) is 2. The molecule has 34 heavy (non-hydrogen) atoms. The van der Waals surface area contributed by atoms with Crippen molar-refractivity contribution < 1.29 is 4.79 Å². The summed E-state index contributed by atoms with van der Waals surface area (Å²) in [7, 11) is 0. The number of benzene rings is 2. The molecule has 1 amide bonds. The van der Waals surface area contributed by atoms with Crippen molar-refractivity contribution >= 4 is 44.7 Å². The SMILES string of the molecule is CCC(C(=O)Nc1cc(Cl)ccc1C)n1cnc2scc(-c3ccc4c(c3)CCCC4)c2c1=O. The van der Waals surface area contributed by atoms with Crippen LogP contribution in [0.25, 0.3) is 21.3 Å². The molecule has 4 aromatic rings. The summed E-state index contributed by atoms with van der Waals surface area (Å²) in [6.45, 7) is 3.80. The Labute approximate surface area is 207 Å². The van der Waals surface area contributed by atoms with Gasteiger partial charge in [0.25, 0.3) is 5.56 Å². The molecule has 174 valence electrons. The monoisotopic (exact) mass is 491 g/mol. The van der Waals surface area contributed by atoms with Gasteiger partial charge in [-0.15, -0.1) is 11.3 Å². The van der Waals surface area contributed by atoms with Crippen LogP contribution in [0.5, 0.6) is 0 Å². The maximum Gasteiger partial charge on any atom is 0.263 e. The van der Waals surface area contributed by atoms with E-state index in [-0.39, 0.29) is 11.5 Å². The van der Waals surface area contributed by atoms with Gasteiger partial charge < -0.3 is 5.32 Å². The van der Waals surface area contributed by atoms with Gasteiger partial charge in [-0.2, -0.15) is 0 Å². The van der Waals surface area contributed by atoms with Crippen LogP contribution >= 0.6 is 22.9 Å². The summed E-state index contributed by atoms with van der Waals surface area (Å²) >= 11 is 7.58. The molecule has 0 spiro atoms. The van der Waals surface area contributed by atoms with Crippen LogP contribution in [0.2, 0.25) is 5.02 Å². The summed E-state index contributed by atoms with van der Waals surface area (Å²) in [5, 5.41) is 6.07. The first-order valence-corrected chi connectivity index (χ1v) is 12.9. The van der Waals surface area contributed by atoms with E-state index < -0.39 is 6.04 Å². The Hall–Kier alpha value is -2.96. The second-order valence-electron chi connectivity index (χ2n) is 8.85. The molecule has 7 heteroatoms. The third-order valence-corrected chi connectivity index (χ3v) is 7.78. The molecule has 0 saturated carbocycles. The average Bonchev–Trinajstić information content (AvgIpc) is 3.28. The third kappa shape index (κ3) is 4.17. The Balaban J connectivity index is 1.54. The molecular formula is C27H26ClN3O2S. The molecule has 1 N–H and O–H groups in total. The lowest BCUT2D eigenvalue weighted by atomic mass is 9.89. The Morgan fingerprint density at radius 1 is 1.18 bits per heavy atom. The van der Waals surface area contributed by atoms with Gasteiger partial charge in [0.15, 0.2) is 0 Å². The number of thiophene rings is 1.